The number of hydrogen-bond acceptors (Lipinski definition) is 4. The molecule has 0 saturated heterocycles. The second-order valence-electron chi connectivity index (χ2n) is 4.19. The largest absolute Gasteiger partial charge is 0.365 e. The van der Waals surface area contributed by atoms with E-state index in [1.165, 1.54) is 18.5 Å². The first-order chi connectivity index (χ1) is 9.54. The average molecular weight is 271 g/mol. The molecule has 0 aromatic carbocycles. The van der Waals surface area contributed by atoms with Crippen LogP contribution < -0.4 is 11.3 Å². The van der Waals surface area contributed by atoms with Crippen molar-refractivity contribution >= 4 is 11.7 Å². The number of nitrogens with zero attached hydrogens (tertiary/aromatic N) is 1. The third-order valence-electron chi connectivity index (χ3n) is 2.93. The monoisotopic (exact) mass is 271 g/mol. The Morgan fingerprint density at radius 1 is 1.25 bits per heavy atom. The highest BCUT2D eigenvalue weighted by Crippen LogP contribution is 2.13. The summed E-state index contributed by atoms with van der Waals surface area (Å²) in [5.41, 5.74) is 5.50. The molecule has 0 bridgehead atoms. The zero-order chi connectivity index (χ0) is 14.7. The van der Waals surface area contributed by atoms with E-state index in [2.05, 4.69) is 9.97 Å². The summed E-state index contributed by atoms with van der Waals surface area (Å²) in [6.07, 6.45) is 3.46. The van der Waals surface area contributed by atoms with Crippen molar-refractivity contribution in [3.8, 4) is 0 Å². The number of aromatic nitrogens is 2. The molecule has 0 saturated carbocycles. The first-order valence-corrected chi connectivity index (χ1v) is 6.05. The Bertz CT molecular complexity index is 720. The third kappa shape index (κ3) is 2.49. The molecule has 0 spiro atoms. The molecular weight excluding hydrogens is 258 g/mol. The lowest BCUT2D eigenvalue weighted by molar-refractivity contribution is 0.0999. The summed E-state index contributed by atoms with van der Waals surface area (Å²) in [6.45, 7) is 1.80. The van der Waals surface area contributed by atoms with Crippen molar-refractivity contribution < 1.29 is 9.59 Å². The number of rotatable bonds is 4. The minimum Gasteiger partial charge on any atom is -0.365 e. The van der Waals surface area contributed by atoms with Crippen LogP contribution in [0.1, 0.15) is 38.9 Å². The molecular formula is C14H13N3O3. The molecule has 0 atom stereocenters. The lowest BCUT2D eigenvalue weighted by atomic mass is 10.00. The molecule has 0 fully saturated rings. The van der Waals surface area contributed by atoms with Crippen molar-refractivity contribution in [2.75, 3.05) is 0 Å². The number of hydrogen-bond donors (Lipinski definition) is 2. The average Bonchev–Trinajstić information content (AvgIpc) is 2.46. The van der Waals surface area contributed by atoms with Gasteiger partial charge in [0.15, 0.2) is 5.78 Å². The first kappa shape index (κ1) is 13.7. The van der Waals surface area contributed by atoms with Gasteiger partial charge in [-0.2, -0.15) is 0 Å². The standard InChI is InChI=1S/C14H13N3O3/c1-2-11-9(7-10(13(15)19)14(20)17-11)12(18)8-3-5-16-6-4-8/h3-7H,2H2,1H3,(H2,15,19)(H,17,20). The molecule has 6 heteroatoms. The van der Waals surface area contributed by atoms with Gasteiger partial charge in [-0.25, -0.2) is 0 Å². The Morgan fingerprint density at radius 2 is 1.90 bits per heavy atom. The van der Waals surface area contributed by atoms with Crippen LogP contribution in [-0.4, -0.2) is 21.7 Å². The Morgan fingerprint density at radius 3 is 2.45 bits per heavy atom. The SMILES string of the molecule is CCc1[nH]c(=O)c(C(N)=O)cc1C(=O)c1ccncc1. The van der Waals surface area contributed by atoms with Crippen molar-refractivity contribution in [1.82, 2.24) is 9.97 Å². The molecule has 20 heavy (non-hydrogen) atoms. The summed E-state index contributed by atoms with van der Waals surface area (Å²) in [5, 5.41) is 0. The molecule has 2 heterocycles. The molecule has 2 aromatic heterocycles. The summed E-state index contributed by atoms with van der Waals surface area (Å²) < 4.78 is 0. The van der Waals surface area contributed by atoms with E-state index in [0.717, 1.165) is 0 Å². The number of carbonyl (C=O) groups is 2. The number of pyridine rings is 2. The van der Waals surface area contributed by atoms with Gasteiger partial charge in [0.05, 0.1) is 0 Å². The number of aromatic amines is 1. The molecule has 0 radical (unpaired) electrons. The number of aryl methyl sites for hydroxylation is 1. The van der Waals surface area contributed by atoms with E-state index < -0.39 is 11.5 Å². The van der Waals surface area contributed by atoms with Crippen LogP contribution in [0.3, 0.4) is 0 Å². The topological polar surface area (TPSA) is 106 Å². The molecule has 0 aliphatic carbocycles. The van der Waals surface area contributed by atoms with Gasteiger partial charge in [0.2, 0.25) is 0 Å². The van der Waals surface area contributed by atoms with Gasteiger partial charge in [-0.1, -0.05) is 6.92 Å². The Hall–Kier alpha value is -2.76. The summed E-state index contributed by atoms with van der Waals surface area (Å²) in [4.78, 5) is 41.7. The van der Waals surface area contributed by atoms with Crippen LogP contribution in [-0.2, 0) is 6.42 Å². The highest BCUT2D eigenvalue weighted by atomic mass is 16.2. The number of nitrogens with one attached hydrogen (secondary N) is 1. The van der Waals surface area contributed by atoms with Crippen LogP contribution in [0.25, 0.3) is 0 Å². The maximum Gasteiger partial charge on any atom is 0.261 e. The minimum absolute atomic E-state index is 0.223. The number of ketones is 1. The van der Waals surface area contributed by atoms with Gasteiger partial charge in [-0.3, -0.25) is 19.4 Å². The Kier molecular flexibility index (Phi) is 3.74. The van der Waals surface area contributed by atoms with Crippen molar-refractivity contribution in [1.29, 1.82) is 0 Å². The number of primary amides is 1. The van der Waals surface area contributed by atoms with Gasteiger partial charge in [0.1, 0.15) is 5.56 Å². The second-order valence-corrected chi connectivity index (χ2v) is 4.19. The lowest BCUT2D eigenvalue weighted by Gasteiger charge is -2.08. The van der Waals surface area contributed by atoms with Crippen molar-refractivity contribution in [3.63, 3.8) is 0 Å². The van der Waals surface area contributed by atoms with Gasteiger partial charge in [0, 0.05) is 29.2 Å². The van der Waals surface area contributed by atoms with E-state index in [0.29, 0.717) is 17.7 Å². The van der Waals surface area contributed by atoms with Crippen molar-refractivity contribution in [2.45, 2.75) is 13.3 Å². The zero-order valence-electron chi connectivity index (χ0n) is 10.8. The van der Waals surface area contributed by atoms with E-state index >= 15 is 0 Å². The number of H-pyrrole nitrogens is 1. The van der Waals surface area contributed by atoms with Gasteiger partial charge < -0.3 is 10.7 Å². The maximum atomic E-state index is 12.4. The molecule has 3 N–H and O–H groups in total. The van der Waals surface area contributed by atoms with E-state index in [1.54, 1.807) is 19.1 Å². The van der Waals surface area contributed by atoms with E-state index in [9.17, 15) is 14.4 Å². The second kappa shape index (κ2) is 5.48. The maximum absolute atomic E-state index is 12.4. The fraction of sp³-hybridized carbons (Fsp3) is 0.143. The van der Waals surface area contributed by atoms with Crippen molar-refractivity contribution in [2.24, 2.45) is 5.73 Å². The van der Waals surface area contributed by atoms with E-state index in [4.69, 9.17) is 5.73 Å². The van der Waals surface area contributed by atoms with E-state index in [1.807, 2.05) is 0 Å². The summed E-state index contributed by atoms with van der Waals surface area (Å²) >= 11 is 0. The van der Waals surface area contributed by atoms with Gasteiger partial charge in [-0.15, -0.1) is 0 Å². The van der Waals surface area contributed by atoms with Crippen LogP contribution in [0, 0.1) is 0 Å². The highest BCUT2D eigenvalue weighted by Gasteiger charge is 2.18. The third-order valence-corrected chi connectivity index (χ3v) is 2.93. The van der Waals surface area contributed by atoms with Gasteiger partial charge in [0.25, 0.3) is 11.5 Å². The smallest absolute Gasteiger partial charge is 0.261 e. The van der Waals surface area contributed by atoms with E-state index in [-0.39, 0.29) is 16.9 Å². The predicted molar refractivity (Wildman–Crippen MR) is 72.6 cm³/mol. The molecule has 0 aliphatic rings. The van der Waals surface area contributed by atoms with Crippen LogP contribution >= 0.6 is 0 Å². The summed E-state index contributed by atoms with van der Waals surface area (Å²) in [7, 11) is 0. The molecule has 0 unspecified atom stereocenters. The fourth-order valence-electron chi connectivity index (χ4n) is 1.89. The minimum atomic E-state index is -0.863. The quantitative estimate of drug-likeness (QED) is 0.797. The van der Waals surface area contributed by atoms with Crippen LogP contribution in [0.4, 0.5) is 0 Å². The first-order valence-electron chi connectivity index (χ1n) is 6.05. The molecule has 0 aliphatic heterocycles. The van der Waals surface area contributed by atoms with Crippen LogP contribution in [0.15, 0.2) is 35.4 Å². The lowest BCUT2D eigenvalue weighted by Crippen LogP contribution is -2.26. The Balaban J connectivity index is 2.61. The van der Waals surface area contributed by atoms with Gasteiger partial charge >= 0.3 is 0 Å². The summed E-state index contributed by atoms with van der Waals surface area (Å²) in [5.74, 6) is -1.15. The summed E-state index contributed by atoms with van der Waals surface area (Å²) in [6, 6.07) is 4.39. The molecule has 1 amide bonds. The number of amides is 1. The van der Waals surface area contributed by atoms with Crippen LogP contribution in [0.5, 0.6) is 0 Å². The predicted octanol–water partition coefficient (Wildman–Crippen LogP) is 0.662. The van der Waals surface area contributed by atoms with Crippen LogP contribution in [0.2, 0.25) is 0 Å². The number of nitrogens with two attached hydrogens (primary N) is 1. The molecule has 6 nitrogen and oxygen atoms in total. The molecule has 2 rings (SSSR count). The van der Waals surface area contributed by atoms with Gasteiger partial charge in [-0.05, 0) is 24.6 Å². The zero-order valence-corrected chi connectivity index (χ0v) is 10.8. The molecule has 102 valence electrons. The molecule has 2 aromatic rings. The normalized spacial score (nSPS) is 10.2. The van der Waals surface area contributed by atoms with Crippen molar-refractivity contribution in [3.05, 3.63) is 63.3 Å². The fourth-order valence-corrected chi connectivity index (χ4v) is 1.89. The highest BCUT2D eigenvalue weighted by molar-refractivity contribution is 6.10. The number of carbonyl (C=O) groups excluding carboxylic acids is 2. The Labute approximate surface area is 114 Å².